The number of aromatic nitrogens is 1. The summed E-state index contributed by atoms with van der Waals surface area (Å²) in [5.41, 5.74) is 2.04. The van der Waals surface area contributed by atoms with Gasteiger partial charge in [0.15, 0.2) is 0 Å². The van der Waals surface area contributed by atoms with E-state index in [0.29, 0.717) is 30.3 Å². The molecule has 1 amide bonds. The normalized spacial score (nSPS) is 10.7. The van der Waals surface area contributed by atoms with Crippen molar-refractivity contribution >= 4 is 28.4 Å². The van der Waals surface area contributed by atoms with E-state index < -0.39 is 0 Å². The monoisotopic (exact) mass is 328 g/mol. The third kappa shape index (κ3) is 4.05. The molecule has 4 nitrogen and oxygen atoms in total. The average Bonchev–Trinajstić information content (AvgIpc) is 2.95. The van der Waals surface area contributed by atoms with E-state index in [1.807, 2.05) is 42.6 Å². The summed E-state index contributed by atoms with van der Waals surface area (Å²) in [7, 11) is 0. The summed E-state index contributed by atoms with van der Waals surface area (Å²) in [6, 6.07) is 15.1. The summed E-state index contributed by atoms with van der Waals surface area (Å²) in [5.74, 6) is 0.674. The zero-order valence-electron chi connectivity index (χ0n) is 12.5. The van der Waals surface area contributed by atoms with Crippen molar-refractivity contribution < 1.29 is 9.53 Å². The Morgan fingerprint density at radius 3 is 2.91 bits per heavy atom. The van der Waals surface area contributed by atoms with E-state index >= 15 is 0 Å². The molecular formula is C18H17ClN2O2. The zero-order valence-corrected chi connectivity index (χ0v) is 13.3. The van der Waals surface area contributed by atoms with Crippen molar-refractivity contribution in [3.8, 4) is 5.75 Å². The number of halogens is 1. The van der Waals surface area contributed by atoms with Crippen LogP contribution in [0.15, 0.2) is 54.7 Å². The minimum Gasteiger partial charge on any atom is -0.492 e. The first kappa shape index (κ1) is 15.4. The molecule has 0 atom stereocenters. The summed E-state index contributed by atoms with van der Waals surface area (Å²) in [6.45, 7) is 0.855. The number of carbonyl (C=O) groups is 1. The number of fused-ring (bicyclic) bond motifs is 1. The molecule has 0 aliphatic rings. The van der Waals surface area contributed by atoms with Crippen LogP contribution in [0.5, 0.6) is 5.75 Å². The molecule has 0 saturated heterocycles. The van der Waals surface area contributed by atoms with Crippen molar-refractivity contribution in [3.05, 3.63) is 65.3 Å². The van der Waals surface area contributed by atoms with Gasteiger partial charge in [0.25, 0.3) is 0 Å². The number of ether oxygens (including phenoxy) is 1. The Morgan fingerprint density at radius 2 is 2.04 bits per heavy atom. The maximum atomic E-state index is 12.0. The molecule has 23 heavy (non-hydrogen) atoms. The standard InChI is InChI=1S/C18H17ClN2O2/c19-14-4-3-5-15(11-14)23-9-8-20-18(22)10-13-12-21-17-7-2-1-6-16(13)17/h1-7,11-12,21H,8-10H2,(H,20,22). The van der Waals surface area contributed by atoms with Gasteiger partial charge < -0.3 is 15.0 Å². The van der Waals surface area contributed by atoms with Gasteiger partial charge in [-0.3, -0.25) is 4.79 Å². The number of para-hydroxylation sites is 1. The highest BCUT2D eigenvalue weighted by atomic mass is 35.5. The van der Waals surface area contributed by atoms with E-state index in [1.165, 1.54) is 0 Å². The number of carbonyl (C=O) groups excluding carboxylic acids is 1. The van der Waals surface area contributed by atoms with Crippen molar-refractivity contribution in [1.29, 1.82) is 0 Å². The van der Waals surface area contributed by atoms with E-state index in [4.69, 9.17) is 16.3 Å². The SMILES string of the molecule is O=C(Cc1c[nH]c2ccccc12)NCCOc1cccc(Cl)c1. The lowest BCUT2D eigenvalue weighted by molar-refractivity contribution is -0.120. The molecule has 0 radical (unpaired) electrons. The first-order chi connectivity index (χ1) is 11.2. The van der Waals surface area contributed by atoms with Crippen LogP contribution in [0, 0.1) is 0 Å². The van der Waals surface area contributed by atoms with Crippen LogP contribution in [0.2, 0.25) is 5.02 Å². The van der Waals surface area contributed by atoms with E-state index in [-0.39, 0.29) is 5.91 Å². The van der Waals surface area contributed by atoms with Crippen LogP contribution in [0.4, 0.5) is 0 Å². The smallest absolute Gasteiger partial charge is 0.224 e. The average molecular weight is 329 g/mol. The molecule has 3 aromatic rings. The minimum atomic E-state index is -0.0237. The number of benzene rings is 2. The summed E-state index contributed by atoms with van der Waals surface area (Å²) in [6.07, 6.45) is 2.23. The highest BCUT2D eigenvalue weighted by molar-refractivity contribution is 6.30. The van der Waals surface area contributed by atoms with Gasteiger partial charge >= 0.3 is 0 Å². The van der Waals surface area contributed by atoms with Gasteiger partial charge in [-0.15, -0.1) is 0 Å². The molecule has 0 saturated carbocycles. The molecule has 3 rings (SSSR count). The van der Waals surface area contributed by atoms with Crippen molar-refractivity contribution in [3.63, 3.8) is 0 Å². The molecule has 2 N–H and O–H groups in total. The molecule has 2 aromatic carbocycles. The number of hydrogen-bond acceptors (Lipinski definition) is 2. The molecule has 0 fully saturated rings. The first-order valence-electron chi connectivity index (χ1n) is 7.42. The van der Waals surface area contributed by atoms with Gasteiger partial charge in [0, 0.05) is 22.1 Å². The molecule has 1 heterocycles. The van der Waals surface area contributed by atoms with Gasteiger partial charge in [0.2, 0.25) is 5.91 Å². The van der Waals surface area contributed by atoms with Gasteiger partial charge in [-0.25, -0.2) is 0 Å². The van der Waals surface area contributed by atoms with Crippen LogP contribution in [-0.2, 0) is 11.2 Å². The molecule has 0 aliphatic heterocycles. The quantitative estimate of drug-likeness (QED) is 0.680. The lowest BCUT2D eigenvalue weighted by Gasteiger charge is -2.08. The maximum absolute atomic E-state index is 12.0. The predicted octanol–water partition coefficient (Wildman–Crippen LogP) is 3.56. The molecule has 118 valence electrons. The summed E-state index contributed by atoms with van der Waals surface area (Å²) < 4.78 is 5.54. The maximum Gasteiger partial charge on any atom is 0.224 e. The fraction of sp³-hybridized carbons (Fsp3) is 0.167. The van der Waals surface area contributed by atoms with Gasteiger partial charge in [-0.2, -0.15) is 0 Å². The number of rotatable bonds is 6. The van der Waals surface area contributed by atoms with E-state index in [2.05, 4.69) is 10.3 Å². The Hall–Kier alpha value is -2.46. The largest absolute Gasteiger partial charge is 0.492 e. The predicted molar refractivity (Wildman–Crippen MR) is 92.0 cm³/mol. The van der Waals surface area contributed by atoms with Crippen molar-refractivity contribution in [1.82, 2.24) is 10.3 Å². The Balaban J connectivity index is 1.46. The Kier molecular flexibility index (Phi) is 4.83. The van der Waals surface area contributed by atoms with Crippen LogP contribution in [0.3, 0.4) is 0 Å². The lowest BCUT2D eigenvalue weighted by Crippen LogP contribution is -2.29. The number of H-pyrrole nitrogens is 1. The summed E-state index contributed by atoms with van der Waals surface area (Å²) in [5, 5.41) is 4.57. The summed E-state index contributed by atoms with van der Waals surface area (Å²) >= 11 is 5.88. The fourth-order valence-corrected chi connectivity index (χ4v) is 2.61. The Labute approximate surface area is 139 Å². The lowest BCUT2D eigenvalue weighted by atomic mass is 10.1. The second kappa shape index (κ2) is 7.20. The van der Waals surface area contributed by atoms with E-state index in [9.17, 15) is 4.79 Å². The Bertz CT molecular complexity index is 813. The second-order valence-corrected chi connectivity index (χ2v) is 5.63. The second-order valence-electron chi connectivity index (χ2n) is 5.19. The van der Waals surface area contributed by atoms with Crippen molar-refractivity contribution in [2.24, 2.45) is 0 Å². The van der Waals surface area contributed by atoms with Crippen LogP contribution in [0.1, 0.15) is 5.56 Å². The van der Waals surface area contributed by atoms with Gasteiger partial charge in [-0.05, 0) is 29.8 Å². The van der Waals surface area contributed by atoms with Gasteiger partial charge in [-0.1, -0.05) is 35.9 Å². The van der Waals surface area contributed by atoms with Crippen molar-refractivity contribution in [2.75, 3.05) is 13.2 Å². The van der Waals surface area contributed by atoms with Crippen LogP contribution in [-0.4, -0.2) is 24.0 Å². The van der Waals surface area contributed by atoms with Crippen LogP contribution in [0.25, 0.3) is 10.9 Å². The van der Waals surface area contributed by atoms with Crippen LogP contribution >= 0.6 is 11.6 Å². The molecule has 0 bridgehead atoms. The molecule has 1 aromatic heterocycles. The molecule has 0 unspecified atom stereocenters. The highest BCUT2D eigenvalue weighted by Crippen LogP contribution is 2.18. The Morgan fingerprint density at radius 1 is 1.17 bits per heavy atom. The molecule has 0 spiro atoms. The number of nitrogens with one attached hydrogen (secondary N) is 2. The van der Waals surface area contributed by atoms with E-state index in [1.54, 1.807) is 12.1 Å². The molecule has 5 heteroatoms. The zero-order chi connectivity index (χ0) is 16.1. The minimum absolute atomic E-state index is 0.0237. The van der Waals surface area contributed by atoms with Crippen molar-refractivity contribution in [2.45, 2.75) is 6.42 Å². The third-order valence-electron chi connectivity index (χ3n) is 3.51. The first-order valence-corrected chi connectivity index (χ1v) is 7.80. The van der Waals surface area contributed by atoms with Gasteiger partial charge in [0.1, 0.15) is 12.4 Å². The van der Waals surface area contributed by atoms with E-state index in [0.717, 1.165) is 16.5 Å². The highest BCUT2D eigenvalue weighted by Gasteiger charge is 2.08. The molecular weight excluding hydrogens is 312 g/mol. The number of amides is 1. The van der Waals surface area contributed by atoms with Crippen LogP contribution < -0.4 is 10.1 Å². The van der Waals surface area contributed by atoms with Gasteiger partial charge in [0.05, 0.1) is 13.0 Å². The topological polar surface area (TPSA) is 54.1 Å². The number of aromatic amines is 1. The third-order valence-corrected chi connectivity index (χ3v) is 3.75. The summed E-state index contributed by atoms with van der Waals surface area (Å²) in [4.78, 5) is 15.2. The fourth-order valence-electron chi connectivity index (χ4n) is 2.43. The number of hydrogen-bond donors (Lipinski definition) is 2. The molecule has 0 aliphatic carbocycles.